The van der Waals surface area contributed by atoms with Gasteiger partial charge in [-0.1, -0.05) is 13.3 Å². The van der Waals surface area contributed by atoms with E-state index in [9.17, 15) is 12.8 Å². The second kappa shape index (κ2) is 6.26. The number of rotatable bonds is 6. The third kappa shape index (κ3) is 3.51. The van der Waals surface area contributed by atoms with E-state index < -0.39 is 22.4 Å². The van der Waals surface area contributed by atoms with E-state index in [0.29, 0.717) is 6.54 Å². The smallest absolute Gasteiger partial charge is 0.240 e. The summed E-state index contributed by atoms with van der Waals surface area (Å²) >= 11 is 0. The maximum Gasteiger partial charge on any atom is 0.240 e. The third-order valence-corrected chi connectivity index (χ3v) is 4.05. The van der Waals surface area contributed by atoms with Gasteiger partial charge < -0.3 is 5.11 Å². The van der Waals surface area contributed by atoms with Crippen molar-refractivity contribution < 1.29 is 17.9 Å². The van der Waals surface area contributed by atoms with E-state index in [1.807, 2.05) is 6.92 Å². The first kappa shape index (κ1) is 15.1. The van der Waals surface area contributed by atoms with E-state index in [2.05, 4.69) is 4.72 Å². The average Bonchev–Trinajstić information content (AvgIpc) is 2.32. The van der Waals surface area contributed by atoms with Gasteiger partial charge in [0.25, 0.3) is 0 Å². The molecule has 1 aromatic rings. The minimum atomic E-state index is -3.63. The summed E-state index contributed by atoms with van der Waals surface area (Å²) in [5.74, 6) is -0.565. The topological polar surface area (TPSA) is 66.4 Å². The van der Waals surface area contributed by atoms with Gasteiger partial charge in [-0.05, 0) is 31.0 Å². The van der Waals surface area contributed by atoms with E-state index in [-0.39, 0.29) is 16.0 Å². The van der Waals surface area contributed by atoms with Gasteiger partial charge in [-0.3, -0.25) is 0 Å². The molecule has 18 heavy (non-hydrogen) atoms. The molecule has 102 valence electrons. The minimum Gasteiger partial charge on any atom is -0.392 e. The molecular weight excluding hydrogens is 257 g/mol. The van der Waals surface area contributed by atoms with E-state index in [1.165, 1.54) is 13.0 Å². The zero-order chi connectivity index (χ0) is 13.8. The number of unbranched alkanes of at least 4 members (excludes halogenated alkanes) is 1. The first-order valence-corrected chi connectivity index (χ1v) is 7.30. The number of hydrogen-bond donors (Lipinski definition) is 2. The van der Waals surface area contributed by atoms with Gasteiger partial charge in [0, 0.05) is 12.1 Å². The molecule has 0 fully saturated rings. The molecule has 4 nitrogen and oxygen atoms in total. The Labute approximate surface area is 107 Å². The molecule has 0 unspecified atom stereocenters. The zero-order valence-corrected chi connectivity index (χ0v) is 11.3. The molecule has 6 heteroatoms. The molecule has 0 saturated carbocycles. The maximum atomic E-state index is 13.5. The van der Waals surface area contributed by atoms with Crippen LogP contribution in [0.2, 0.25) is 0 Å². The van der Waals surface area contributed by atoms with Crippen molar-refractivity contribution in [3.05, 3.63) is 29.1 Å². The Morgan fingerprint density at radius 1 is 1.39 bits per heavy atom. The lowest BCUT2D eigenvalue weighted by Gasteiger charge is -2.10. The van der Waals surface area contributed by atoms with Crippen LogP contribution in [0, 0.1) is 12.7 Å². The standard InChI is InChI=1S/C12H18FNO3S/c1-3-4-5-14-18(16,17)11-6-9(2)12(13)10(7-11)8-15/h6-7,14-15H,3-5,8H2,1-2H3. The van der Waals surface area contributed by atoms with Gasteiger partial charge in [-0.15, -0.1) is 0 Å². The second-order valence-corrected chi connectivity index (χ2v) is 5.89. The summed E-state index contributed by atoms with van der Waals surface area (Å²) in [6.45, 7) is 3.26. The summed E-state index contributed by atoms with van der Waals surface area (Å²) in [7, 11) is -3.63. The Morgan fingerprint density at radius 3 is 2.61 bits per heavy atom. The van der Waals surface area contributed by atoms with Crippen LogP contribution >= 0.6 is 0 Å². The number of aliphatic hydroxyl groups excluding tert-OH is 1. The van der Waals surface area contributed by atoms with Crippen LogP contribution in [-0.2, 0) is 16.6 Å². The van der Waals surface area contributed by atoms with Gasteiger partial charge in [-0.25, -0.2) is 17.5 Å². The highest BCUT2D eigenvalue weighted by Gasteiger charge is 2.17. The molecule has 2 N–H and O–H groups in total. The van der Waals surface area contributed by atoms with Crippen LogP contribution in [0.3, 0.4) is 0 Å². The average molecular weight is 275 g/mol. The summed E-state index contributed by atoms with van der Waals surface area (Å²) in [6, 6.07) is 2.43. The number of nitrogens with one attached hydrogen (secondary N) is 1. The molecule has 0 aliphatic rings. The predicted molar refractivity (Wildman–Crippen MR) is 67.2 cm³/mol. The van der Waals surface area contributed by atoms with Gasteiger partial charge in [0.05, 0.1) is 11.5 Å². The van der Waals surface area contributed by atoms with Crippen LogP contribution in [-0.4, -0.2) is 20.1 Å². The maximum absolute atomic E-state index is 13.5. The highest BCUT2D eigenvalue weighted by atomic mass is 32.2. The Hall–Kier alpha value is -0.980. The fourth-order valence-electron chi connectivity index (χ4n) is 1.54. The molecule has 0 saturated heterocycles. The van der Waals surface area contributed by atoms with Crippen LogP contribution < -0.4 is 4.72 Å². The van der Waals surface area contributed by atoms with Gasteiger partial charge in [0.1, 0.15) is 5.82 Å². The van der Waals surface area contributed by atoms with Crippen molar-refractivity contribution in [2.24, 2.45) is 0 Å². The molecule has 0 heterocycles. The third-order valence-electron chi connectivity index (χ3n) is 2.61. The van der Waals surface area contributed by atoms with Crippen LogP contribution in [0.5, 0.6) is 0 Å². The first-order chi connectivity index (χ1) is 8.42. The number of sulfonamides is 1. The van der Waals surface area contributed by atoms with E-state index in [1.54, 1.807) is 0 Å². The van der Waals surface area contributed by atoms with Crippen LogP contribution in [0.1, 0.15) is 30.9 Å². The van der Waals surface area contributed by atoms with Crippen molar-refractivity contribution in [3.63, 3.8) is 0 Å². The highest BCUT2D eigenvalue weighted by molar-refractivity contribution is 7.89. The minimum absolute atomic E-state index is 0.00846. The summed E-state index contributed by atoms with van der Waals surface area (Å²) in [6.07, 6.45) is 1.62. The normalized spacial score (nSPS) is 11.8. The van der Waals surface area contributed by atoms with E-state index in [0.717, 1.165) is 18.9 Å². The number of benzene rings is 1. The Bertz CT molecular complexity index is 514. The van der Waals surface area contributed by atoms with E-state index in [4.69, 9.17) is 5.11 Å². The largest absolute Gasteiger partial charge is 0.392 e. The molecule has 0 aliphatic carbocycles. The SMILES string of the molecule is CCCCNS(=O)(=O)c1cc(C)c(F)c(CO)c1. The van der Waals surface area contributed by atoms with Gasteiger partial charge in [-0.2, -0.15) is 0 Å². The van der Waals surface area contributed by atoms with Crippen molar-refractivity contribution >= 4 is 10.0 Å². The lowest BCUT2D eigenvalue weighted by Crippen LogP contribution is -2.25. The van der Waals surface area contributed by atoms with Gasteiger partial charge in [0.15, 0.2) is 0 Å². The quantitative estimate of drug-likeness (QED) is 0.777. The summed E-state index contributed by atoms with van der Waals surface area (Å²) in [5.41, 5.74) is 0.197. The Kier molecular flexibility index (Phi) is 5.25. The van der Waals surface area contributed by atoms with Crippen molar-refractivity contribution in [2.75, 3.05) is 6.54 Å². The molecule has 1 aromatic carbocycles. The fourth-order valence-corrected chi connectivity index (χ4v) is 2.75. The highest BCUT2D eigenvalue weighted by Crippen LogP contribution is 2.19. The lowest BCUT2D eigenvalue weighted by molar-refractivity contribution is 0.275. The molecule has 0 aromatic heterocycles. The molecule has 0 bridgehead atoms. The van der Waals surface area contributed by atoms with Crippen molar-refractivity contribution in [1.29, 1.82) is 0 Å². The lowest BCUT2D eigenvalue weighted by atomic mass is 10.1. The molecule has 0 aliphatic heterocycles. The van der Waals surface area contributed by atoms with Gasteiger partial charge >= 0.3 is 0 Å². The number of hydrogen-bond acceptors (Lipinski definition) is 3. The van der Waals surface area contributed by atoms with Crippen molar-refractivity contribution in [2.45, 2.75) is 38.2 Å². The summed E-state index contributed by atoms with van der Waals surface area (Å²) < 4.78 is 39.8. The van der Waals surface area contributed by atoms with Crippen molar-refractivity contribution in [3.8, 4) is 0 Å². The van der Waals surface area contributed by atoms with Crippen LogP contribution in [0.4, 0.5) is 4.39 Å². The van der Waals surface area contributed by atoms with Gasteiger partial charge in [0.2, 0.25) is 10.0 Å². The Morgan fingerprint density at radius 2 is 2.06 bits per heavy atom. The second-order valence-electron chi connectivity index (χ2n) is 4.12. The fraction of sp³-hybridized carbons (Fsp3) is 0.500. The zero-order valence-electron chi connectivity index (χ0n) is 10.5. The monoisotopic (exact) mass is 275 g/mol. The predicted octanol–water partition coefficient (Wildman–Crippen LogP) is 1.70. The molecule has 1 rings (SSSR count). The molecule has 0 spiro atoms. The summed E-state index contributed by atoms with van der Waals surface area (Å²) in [4.78, 5) is -0.0125. The molecular formula is C12H18FNO3S. The molecule has 0 amide bonds. The molecule has 0 radical (unpaired) electrons. The first-order valence-electron chi connectivity index (χ1n) is 5.82. The number of halogens is 1. The van der Waals surface area contributed by atoms with Crippen molar-refractivity contribution in [1.82, 2.24) is 4.72 Å². The van der Waals surface area contributed by atoms with E-state index >= 15 is 0 Å². The molecule has 0 atom stereocenters. The van der Waals surface area contributed by atoms with Crippen LogP contribution in [0.25, 0.3) is 0 Å². The number of aryl methyl sites for hydroxylation is 1. The summed E-state index contributed by atoms with van der Waals surface area (Å²) in [5, 5.41) is 8.99. The Balaban J connectivity index is 3.05. The number of aliphatic hydroxyl groups is 1. The van der Waals surface area contributed by atoms with Crippen LogP contribution in [0.15, 0.2) is 17.0 Å².